The second-order valence-electron chi connectivity index (χ2n) is 9.26. The first-order valence-corrected chi connectivity index (χ1v) is 13.0. The molecule has 0 heterocycles. The molecule has 7 aromatic carbocycles. The number of benzene rings is 7. The van der Waals surface area contributed by atoms with Crippen molar-refractivity contribution in [3.8, 4) is 33.4 Å². The Labute approximate surface area is 259 Å². The van der Waals surface area contributed by atoms with E-state index in [-0.39, 0.29) is 29.0 Å². The normalized spacial score (nSPS) is 15.4. The van der Waals surface area contributed by atoms with Crippen LogP contribution in [-0.2, 0) is 0 Å². The lowest BCUT2D eigenvalue weighted by atomic mass is 10.00. The van der Waals surface area contributed by atoms with Gasteiger partial charge in [0.15, 0.2) is 0 Å². The zero-order valence-electron chi connectivity index (χ0n) is 34.7. The van der Waals surface area contributed by atoms with Crippen molar-refractivity contribution < 1.29 is 17.8 Å². The van der Waals surface area contributed by atoms with Crippen molar-refractivity contribution in [2.45, 2.75) is 0 Å². The third kappa shape index (κ3) is 5.14. The van der Waals surface area contributed by atoms with Crippen LogP contribution in [0.5, 0.6) is 0 Å². The Morgan fingerprint density at radius 2 is 1.00 bits per heavy atom. The molecule has 0 saturated carbocycles. The summed E-state index contributed by atoms with van der Waals surface area (Å²) in [5.41, 5.74) is 0.651. The van der Waals surface area contributed by atoms with E-state index in [1.54, 1.807) is 36.4 Å². The van der Waals surface area contributed by atoms with Crippen LogP contribution < -0.4 is 4.90 Å². The predicted octanol–water partition coefficient (Wildman–Crippen LogP) is 11.3. The maximum atomic E-state index is 9.53. The fourth-order valence-corrected chi connectivity index (χ4v) is 4.66. The number of fused-ring (bicyclic) bond motifs is 1. The molecule has 0 amide bonds. The third-order valence-electron chi connectivity index (χ3n) is 6.69. The lowest BCUT2D eigenvalue weighted by Gasteiger charge is -2.26. The van der Waals surface area contributed by atoms with Gasteiger partial charge < -0.3 is 4.90 Å². The summed E-state index contributed by atoms with van der Waals surface area (Å²) >= 11 is 0. The van der Waals surface area contributed by atoms with Crippen LogP contribution in [0.25, 0.3) is 44.2 Å². The monoisotopic (exact) mass is 536 g/mol. The largest absolute Gasteiger partial charge is 0.310 e. The molecule has 0 aliphatic heterocycles. The number of hydrogen-bond donors (Lipinski definition) is 0. The van der Waals surface area contributed by atoms with Gasteiger partial charge in [0, 0.05) is 17.1 Å². The summed E-state index contributed by atoms with van der Waals surface area (Å²) in [6.07, 6.45) is 0. The Balaban J connectivity index is 1.55. The van der Waals surface area contributed by atoms with Gasteiger partial charge in [-0.3, -0.25) is 0 Å². The molecule has 0 aromatic heterocycles. The first-order valence-electron chi connectivity index (χ1n) is 19.5. The molecule has 0 fully saturated rings. The molecule has 7 rings (SSSR count). The summed E-state index contributed by atoms with van der Waals surface area (Å²) in [6, 6.07) is 20.9. The van der Waals surface area contributed by atoms with E-state index in [4.69, 9.17) is 13.7 Å². The van der Waals surface area contributed by atoms with Gasteiger partial charge in [-0.05, 0) is 86.5 Å². The molecule has 0 bridgehead atoms. The highest BCUT2D eigenvalue weighted by Crippen LogP contribution is 2.38. The van der Waals surface area contributed by atoms with Gasteiger partial charge >= 0.3 is 0 Å². The van der Waals surface area contributed by atoms with Crippen LogP contribution in [0.4, 0.5) is 17.1 Å². The average Bonchev–Trinajstić information content (AvgIpc) is 3.19. The number of nitrogens with zero attached hydrogens (tertiary/aromatic N) is 1. The molecule has 41 heavy (non-hydrogen) atoms. The molecule has 0 radical (unpaired) electrons. The van der Waals surface area contributed by atoms with Gasteiger partial charge in [0.2, 0.25) is 0 Å². The molecule has 0 unspecified atom stereocenters. The van der Waals surface area contributed by atoms with Crippen LogP contribution in [0.15, 0.2) is 176 Å². The SMILES string of the molecule is [2H]c1c([2H])c([2H])c(-c2c([2H])c([2H])c(N(c3ccc(-c4ccccc4)cc3)c3c([2H])c([2H])c([2H])c(-c4ccc5ccccc5c4)c3[2H])c([2H])c2[2H])c([2H])c1[2H]. The molecule has 1 heteroatoms. The maximum absolute atomic E-state index is 9.53. The minimum Gasteiger partial charge on any atom is -0.310 e. The molecule has 0 saturated heterocycles. The highest BCUT2D eigenvalue weighted by atomic mass is 15.1. The minimum atomic E-state index is -0.716. The van der Waals surface area contributed by atoms with Crippen LogP contribution in [0.3, 0.4) is 0 Å². The molecular weight excluding hydrogens is 494 g/mol. The molecule has 7 aromatic rings. The molecule has 194 valence electrons. The summed E-state index contributed by atoms with van der Waals surface area (Å²) in [7, 11) is 0. The highest BCUT2D eigenvalue weighted by molar-refractivity contribution is 5.88. The lowest BCUT2D eigenvalue weighted by molar-refractivity contribution is 1.28. The standard InChI is InChI=1S/C40H29N/c1-3-10-30(11-4-1)33-20-24-38(25-21-33)41(39-26-22-34(23-27-39)31-12-5-2-6-13-31)40-17-9-16-36(29-40)37-19-18-32-14-7-8-15-35(32)28-37/h1-29H/i1D,3D,4D,9D,10D,11D,16D,17D,20D,21D,24D,25D,29D. The zero-order valence-corrected chi connectivity index (χ0v) is 21.7. The third-order valence-corrected chi connectivity index (χ3v) is 6.69. The Kier molecular flexibility index (Phi) is 3.83. The molecule has 0 atom stereocenters. The van der Waals surface area contributed by atoms with E-state index in [1.165, 1.54) is 4.90 Å². The second-order valence-corrected chi connectivity index (χ2v) is 9.26. The van der Waals surface area contributed by atoms with E-state index in [2.05, 4.69) is 0 Å². The van der Waals surface area contributed by atoms with E-state index >= 15 is 0 Å². The Bertz CT molecular complexity index is 2580. The molecule has 1 nitrogen and oxygen atoms in total. The van der Waals surface area contributed by atoms with Crippen LogP contribution >= 0.6 is 0 Å². The molecule has 0 aliphatic carbocycles. The van der Waals surface area contributed by atoms with E-state index in [1.807, 2.05) is 60.7 Å². The zero-order chi connectivity index (χ0) is 38.7. The summed E-state index contributed by atoms with van der Waals surface area (Å²) in [5.74, 6) is 0. The fourth-order valence-electron chi connectivity index (χ4n) is 4.66. The quantitative estimate of drug-likeness (QED) is 0.204. The molecule has 0 spiro atoms. The first kappa shape index (κ1) is 14.3. The summed E-state index contributed by atoms with van der Waals surface area (Å²) in [5, 5.41) is 1.72. The maximum Gasteiger partial charge on any atom is 0.0651 e. The number of anilines is 3. The number of rotatable bonds is 6. The topological polar surface area (TPSA) is 3.24 Å². The van der Waals surface area contributed by atoms with Gasteiger partial charge in [-0.15, -0.1) is 0 Å². The summed E-state index contributed by atoms with van der Waals surface area (Å²) in [6.45, 7) is 0. The van der Waals surface area contributed by atoms with Crippen molar-refractivity contribution in [3.05, 3.63) is 176 Å². The first-order chi connectivity index (χ1) is 25.7. The molecule has 0 N–H and O–H groups in total. The molecule has 0 aliphatic rings. The van der Waals surface area contributed by atoms with Crippen molar-refractivity contribution in [2.24, 2.45) is 0 Å². The van der Waals surface area contributed by atoms with Gasteiger partial charge in [-0.2, -0.15) is 0 Å². The van der Waals surface area contributed by atoms with E-state index in [0.717, 1.165) is 21.9 Å². The smallest absolute Gasteiger partial charge is 0.0651 e. The van der Waals surface area contributed by atoms with Gasteiger partial charge in [0.1, 0.15) is 0 Å². The van der Waals surface area contributed by atoms with Crippen molar-refractivity contribution in [1.82, 2.24) is 0 Å². The van der Waals surface area contributed by atoms with E-state index < -0.39 is 83.3 Å². The Hall–Kier alpha value is -5.40. The number of hydrogen-bond acceptors (Lipinski definition) is 1. The van der Waals surface area contributed by atoms with Gasteiger partial charge in [-0.25, -0.2) is 0 Å². The van der Waals surface area contributed by atoms with Crippen molar-refractivity contribution in [1.29, 1.82) is 0 Å². The van der Waals surface area contributed by atoms with Gasteiger partial charge in [-0.1, -0.05) is 133 Å². The Morgan fingerprint density at radius 1 is 0.366 bits per heavy atom. The van der Waals surface area contributed by atoms with Crippen LogP contribution in [0.1, 0.15) is 17.8 Å². The van der Waals surface area contributed by atoms with Crippen molar-refractivity contribution >= 4 is 27.8 Å². The van der Waals surface area contributed by atoms with E-state index in [0.29, 0.717) is 5.56 Å². The summed E-state index contributed by atoms with van der Waals surface area (Å²) in [4.78, 5) is 1.20. The predicted molar refractivity (Wildman–Crippen MR) is 175 cm³/mol. The fraction of sp³-hybridized carbons (Fsp3) is 0. The average molecular weight is 537 g/mol. The second kappa shape index (κ2) is 11.0. The van der Waals surface area contributed by atoms with Crippen LogP contribution in [0.2, 0.25) is 0 Å². The minimum absolute atomic E-state index is 0.0219. The Morgan fingerprint density at radius 3 is 1.78 bits per heavy atom. The van der Waals surface area contributed by atoms with Crippen LogP contribution in [0, 0.1) is 0 Å². The van der Waals surface area contributed by atoms with Crippen molar-refractivity contribution in [2.75, 3.05) is 4.90 Å². The summed E-state index contributed by atoms with van der Waals surface area (Å²) < 4.78 is 114. The van der Waals surface area contributed by atoms with E-state index in [9.17, 15) is 4.11 Å². The van der Waals surface area contributed by atoms with Crippen LogP contribution in [-0.4, -0.2) is 0 Å². The van der Waals surface area contributed by atoms with Crippen molar-refractivity contribution in [3.63, 3.8) is 0 Å². The molecular formula is C40H29N. The highest BCUT2D eigenvalue weighted by Gasteiger charge is 2.14. The lowest BCUT2D eigenvalue weighted by Crippen LogP contribution is -2.10. The van der Waals surface area contributed by atoms with Gasteiger partial charge in [0.05, 0.1) is 17.8 Å². The van der Waals surface area contributed by atoms with Gasteiger partial charge in [0.25, 0.3) is 0 Å².